The van der Waals surface area contributed by atoms with E-state index >= 15 is 0 Å². The predicted octanol–water partition coefficient (Wildman–Crippen LogP) is 1.56. The molecule has 2 rings (SSSR count). The van der Waals surface area contributed by atoms with Crippen molar-refractivity contribution >= 4 is 0 Å². The van der Waals surface area contributed by atoms with Crippen molar-refractivity contribution in [2.75, 3.05) is 6.54 Å². The molecule has 14 heavy (non-hydrogen) atoms. The zero-order chi connectivity index (χ0) is 10.0. The average Bonchev–Trinajstić information content (AvgIpc) is 2.13. The molecule has 1 aromatic heterocycles. The van der Waals surface area contributed by atoms with Gasteiger partial charge in [-0.05, 0) is 32.7 Å². The van der Waals surface area contributed by atoms with E-state index < -0.39 is 0 Å². The van der Waals surface area contributed by atoms with Gasteiger partial charge >= 0.3 is 0 Å². The Morgan fingerprint density at radius 3 is 2.57 bits per heavy atom. The van der Waals surface area contributed by atoms with Crippen LogP contribution >= 0.6 is 0 Å². The Morgan fingerprint density at radius 2 is 2.07 bits per heavy atom. The number of hydrogen-bond acceptors (Lipinski definition) is 3. The van der Waals surface area contributed by atoms with Gasteiger partial charge in [0.2, 0.25) is 0 Å². The van der Waals surface area contributed by atoms with Crippen molar-refractivity contribution in [3.05, 3.63) is 23.8 Å². The first-order valence-corrected chi connectivity index (χ1v) is 5.27. The summed E-state index contributed by atoms with van der Waals surface area (Å²) in [6, 6.07) is 0. The number of aryl methyl sites for hydroxylation is 1. The lowest BCUT2D eigenvalue weighted by atomic mass is 9.64. The molecule has 0 radical (unpaired) electrons. The van der Waals surface area contributed by atoms with Crippen LogP contribution in [0, 0.1) is 6.92 Å². The molecule has 1 aromatic rings. The normalized spacial score (nSPS) is 19.0. The van der Waals surface area contributed by atoms with E-state index in [9.17, 15) is 0 Å². The van der Waals surface area contributed by atoms with Gasteiger partial charge in [-0.1, -0.05) is 6.42 Å². The van der Waals surface area contributed by atoms with Gasteiger partial charge in [0, 0.05) is 17.8 Å². The van der Waals surface area contributed by atoms with Crippen LogP contribution in [0.2, 0.25) is 0 Å². The molecular formula is C11H17N3. The minimum Gasteiger partial charge on any atom is -0.330 e. The maximum absolute atomic E-state index is 5.66. The highest BCUT2D eigenvalue weighted by Crippen LogP contribution is 2.45. The monoisotopic (exact) mass is 191 g/mol. The van der Waals surface area contributed by atoms with Gasteiger partial charge in [-0.15, -0.1) is 0 Å². The van der Waals surface area contributed by atoms with Gasteiger partial charge in [0.25, 0.3) is 0 Å². The van der Waals surface area contributed by atoms with E-state index in [0.717, 1.165) is 18.7 Å². The lowest BCUT2D eigenvalue weighted by molar-refractivity contribution is 0.220. The molecule has 0 aliphatic heterocycles. The van der Waals surface area contributed by atoms with Crippen LogP contribution < -0.4 is 5.73 Å². The van der Waals surface area contributed by atoms with E-state index in [1.54, 1.807) is 12.4 Å². The molecule has 0 amide bonds. The summed E-state index contributed by atoms with van der Waals surface area (Å²) >= 11 is 0. The standard InChI is InChI=1S/C11H17N3/c1-9-10(14-8-7-13-9)11(5-6-12)3-2-4-11/h7-8H,2-6,12H2,1H3. The average molecular weight is 191 g/mol. The van der Waals surface area contributed by atoms with Crippen LogP contribution in [-0.4, -0.2) is 16.5 Å². The minimum absolute atomic E-state index is 0.257. The third-order valence-corrected chi connectivity index (χ3v) is 3.32. The number of nitrogens with zero attached hydrogens (tertiary/aromatic N) is 2. The third kappa shape index (κ3) is 1.42. The summed E-state index contributed by atoms with van der Waals surface area (Å²) in [5.74, 6) is 0. The highest BCUT2D eigenvalue weighted by atomic mass is 14.8. The van der Waals surface area contributed by atoms with Crippen LogP contribution in [0.5, 0.6) is 0 Å². The molecule has 3 nitrogen and oxygen atoms in total. The lowest BCUT2D eigenvalue weighted by Gasteiger charge is -2.41. The van der Waals surface area contributed by atoms with Gasteiger partial charge in [0.05, 0.1) is 11.4 Å². The zero-order valence-corrected chi connectivity index (χ0v) is 8.66. The summed E-state index contributed by atoms with van der Waals surface area (Å²) in [7, 11) is 0. The maximum atomic E-state index is 5.66. The molecule has 1 fully saturated rings. The van der Waals surface area contributed by atoms with E-state index in [1.165, 1.54) is 25.0 Å². The largest absolute Gasteiger partial charge is 0.330 e. The van der Waals surface area contributed by atoms with Gasteiger partial charge in [-0.2, -0.15) is 0 Å². The fourth-order valence-corrected chi connectivity index (χ4v) is 2.41. The van der Waals surface area contributed by atoms with E-state index in [4.69, 9.17) is 5.73 Å². The molecule has 0 atom stereocenters. The summed E-state index contributed by atoms with van der Waals surface area (Å²) in [5, 5.41) is 0. The van der Waals surface area contributed by atoms with Crippen molar-refractivity contribution in [1.82, 2.24) is 9.97 Å². The zero-order valence-electron chi connectivity index (χ0n) is 8.66. The third-order valence-electron chi connectivity index (χ3n) is 3.32. The first-order valence-electron chi connectivity index (χ1n) is 5.27. The summed E-state index contributed by atoms with van der Waals surface area (Å²) in [5.41, 5.74) is 8.17. The predicted molar refractivity (Wildman–Crippen MR) is 56.0 cm³/mol. The summed E-state index contributed by atoms with van der Waals surface area (Å²) in [6.45, 7) is 2.79. The Balaban J connectivity index is 2.32. The summed E-state index contributed by atoms with van der Waals surface area (Å²) in [6.07, 6.45) is 8.35. The summed E-state index contributed by atoms with van der Waals surface area (Å²) in [4.78, 5) is 8.78. The first-order chi connectivity index (χ1) is 6.78. The van der Waals surface area contributed by atoms with E-state index in [2.05, 4.69) is 9.97 Å². The summed E-state index contributed by atoms with van der Waals surface area (Å²) < 4.78 is 0. The molecule has 1 aliphatic rings. The Morgan fingerprint density at radius 1 is 1.36 bits per heavy atom. The lowest BCUT2D eigenvalue weighted by Crippen LogP contribution is -2.38. The second-order valence-corrected chi connectivity index (χ2v) is 4.16. The smallest absolute Gasteiger partial charge is 0.0677 e. The Hall–Kier alpha value is -0.960. The van der Waals surface area contributed by atoms with Crippen LogP contribution in [0.15, 0.2) is 12.4 Å². The Labute approximate surface area is 84.8 Å². The maximum Gasteiger partial charge on any atom is 0.0677 e. The topological polar surface area (TPSA) is 51.8 Å². The second-order valence-electron chi connectivity index (χ2n) is 4.16. The first kappa shape index (κ1) is 9.59. The van der Waals surface area contributed by atoms with Crippen LogP contribution in [0.4, 0.5) is 0 Å². The minimum atomic E-state index is 0.257. The van der Waals surface area contributed by atoms with Gasteiger partial charge in [-0.3, -0.25) is 9.97 Å². The van der Waals surface area contributed by atoms with Crippen molar-refractivity contribution in [3.63, 3.8) is 0 Å². The Bertz CT molecular complexity index is 318. The van der Waals surface area contributed by atoms with Crippen LogP contribution in [-0.2, 0) is 5.41 Å². The second kappa shape index (κ2) is 3.65. The molecule has 3 heteroatoms. The molecule has 1 saturated carbocycles. The van der Waals surface area contributed by atoms with Crippen LogP contribution in [0.25, 0.3) is 0 Å². The van der Waals surface area contributed by atoms with E-state index in [1.807, 2.05) is 6.92 Å². The van der Waals surface area contributed by atoms with E-state index in [0.29, 0.717) is 0 Å². The van der Waals surface area contributed by atoms with Crippen LogP contribution in [0.1, 0.15) is 37.1 Å². The van der Waals surface area contributed by atoms with Gasteiger partial charge in [-0.25, -0.2) is 0 Å². The number of hydrogen-bond donors (Lipinski definition) is 1. The molecule has 0 spiro atoms. The van der Waals surface area contributed by atoms with Crippen LogP contribution in [0.3, 0.4) is 0 Å². The Kier molecular flexibility index (Phi) is 2.50. The van der Waals surface area contributed by atoms with Crippen molar-refractivity contribution in [3.8, 4) is 0 Å². The fraction of sp³-hybridized carbons (Fsp3) is 0.636. The molecule has 2 N–H and O–H groups in total. The molecule has 0 aromatic carbocycles. The highest BCUT2D eigenvalue weighted by molar-refractivity contribution is 5.24. The van der Waals surface area contributed by atoms with Crippen molar-refractivity contribution in [2.45, 2.75) is 38.0 Å². The number of nitrogens with two attached hydrogens (primary N) is 1. The SMILES string of the molecule is Cc1nccnc1C1(CCN)CCC1. The fourth-order valence-electron chi connectivity index (χ4n) is 2.41. The molecule has 1 aliphatic carbocycles. The van der Waals surface area contributed by atoms with Gasteiger partial charge in [0.1, 0.15) is 0 Å². The molecular weight excluding hydrogens is 174 g/mol. The highest BCUT2D eigenvalue weighted by Gasteiger charge is 2.40. The molecule has 76 valence electrons. The number of aromatic nitrogens is 2. The molecule has 0 bridgehead atoms. The van der Waals surface area contributed by atoms with Crippen molar-refractivity contribution in [2.24, 2.45) is 5.73 Å². The van der Waals surface area contributed by atoms with Gasteiger partial charge < -0.3 is 5.73 Å². The number of rotatable bonds is 3. The van der Waals surface area contributed by atoms with E-state index in [-0.39, 0.29) is 5.41 Å². The van der Waals surface area contributed by atoms with Crippen molar-refractivity contribution < 1.29 is 0 Å². The molecule has 1 heterocycles. The van der Waals surface area contributed by atoms with Gasteiger partial charge in [0.15, 0.2) is 0 Å². The molecule has 0 saturated heterocycles. The van der Waals surface area contributed by atoms with Crippen molar-refractivity contribution in [1.29, 1.82) is 0 Å². The quantitative estimate of drug-likeness (QED) is 0.788. The molecule has 0 unspecified atom stereocenters.